The van der Waals surface area contributed by atoms with Crippen LogP contribution in [0.15, 0.2) is 36.5 Å². The Balaban J connectivity index is 2.23. The maximum atomic E-state index is 12.2. The Bertz CT molecular complexity index is 651. The number of aromatic nitrogens is 2. The van der Waals surface area contributed by atoms with Crippen molar-refractivity contribution in [2.45, 2.75) is 19.4 Å². The molecule has 1 atom stereocenters. The molecule has 110 valence electrons. The summed E-state index contributed by atoms with van der Waals surface area (Å²) in [7, 11) is 1.54. The van der Waals surface area contributed by atoms with E-state index in [9.17, 15) is 14.9 Å². The fourth-order valence-corrected chi connectivity index (χ4v) is 2.10. The molecule has 2 aromatic rings. The third-order valence-electron chi connectivity index (χ3n) is 3.14. The van der Waals surface area contributed by atoms with Gasteiger partial charge >= 0.3 is 5.69 Å². The van der Waals surface area contributed by atoms with Crippen LogP contribution in [0.5, 0.6) is 0 Å². The molecule has 0 spiro atoms. The molecular weight excluding hydrogens is 272 g/mol. The number of benzene rings is 1. The molecule has 0 saturated heterocycles. The first-order valence-electron chi connectivity index (χ1n) is 6.56. The Labute approximate surface area is 121 Å². The van der Waals surface area contributed by atoms with E-state index in [1.54, 1.807) is 0 Å². The summed E-state index contributed by atoms with van der Waals surface area (Å²) in [4.78, 5) is 22.6. The molecular formula is C14H16N4O3. The first kappa shape index (κ1) is 14.7. The van der Waals surface area contributed by atoms with Crippen LogP contribution < -0.4 is 5.32 Å². The number of nitro groups is 1. The van der Waals surface area contributed by atoms with Gasteiger partial charge in [0.25, 0.3) is 5.91 Å². The van der Waals surface area contributed by atoms with Crippen LogP contribution in [0.1, 0.15) is 35.4 Å². The molecule has 1 aromatic carbocycles. The highest BCUT2D eigenvalue weighted by molar-refractivity contribution is 5.96. The minimum Gasteiger partial charge on any atom is -0.344 e. The van der Waals surface area contributed by atoms with E-state index in [0.717, 1.165) is 5.56 Å². The molecule has 21 heavy (non-hydrogen) atoms. The van der Waals surface area contributed by atoms with E-state index < -0.39 is 10.8 Å². The van der Waals surface area contributed by atoms with Crippen LogP contribution >= 0.6 is 0 Å². The average Bonchev–Trinajstić information content (AvgIpc) is 2.88. The molecule has 7 heteroatoms. The Morgan fingerprint density at radius 2 is 2.10 bits per heavy atom. The summed E-state index contributed by atoms with van der Waals surface area (Å²) in [6.45, 7) is 1.94. The van der Waals surface area contributed by atoms with Crippen molar-refractivity contribution in [1.82, 2.24) is 15.1 Å². The Morgan fingerprint density at radius 3 is 2.67 bits per heavy atom. The summed E-state index contributed by atoms with van der Waals surface area (Å²) in [6, 6.07) is 9.26. The highest BCUT2D eigenvalue weighted by Crippen LogP contribution is 2.20. The molecule has 7 nitrogen and oxygen atoms in total. The summed E-state index contributed by atoms with van der Waals surface area (Å²) in [5, 5.41) is 17.6. The maximum absolute atomic E-state index is 12.2. The van der Waals surface area contributed by atoms with Crippen LogP contribution in [0.2, 0.25) is 0 Å². The topological polar surface area (TPSA) is 90.1 Å². The third-order valence-corrected chi connectivity index (χ3v) is 3.14. The van der Waals surface area contributed by atoms with E-state index in [0.29, 0.717) is 6.42 Å². The molecule has 0 bridgehead atoms. The van der Waals surface area contributed by atoms with Crippen molar-refractivity contribution in [3.8, 4) is 0 Å². The Morgan fingerprint density at radius 1 is 1.43 bits per heavy atom. The van der Waals surface area contributed by atoms with Gasteiger partial charge in [-0.1, -0.05) is 37.3 Å². The van der Waals surface area contributed by atoms with Crippen molar-refractivity contribution >= 4 is 11.6 Å². The van der Waals surface area contributed by atoms with Gasteiger partial charge in [0.1, 0.15) is 6.20 Å². The monoisotopic (exact) mass is 288 g/mol. The SMILES string of the molecule is CCC(NC(=O)c1nn(C)cc1[N+](=O)[O-])c1ccccc1. The molecule has 2 rings (SSSR count). The van der Waals surface area contributed by atoms with Gasteiger partial charge in [0.05, 0.1) is 11.0 Å². The van der Waals surface area contributed by atoms with Crippen LogP contribution in [0, 0.1) is 10.1 Å². The van der Waals surface area contributed by atoms with Gasteiger partial charge in [-0.05, 0) is 12.0 Å². The zero-order valence-corrected chi connectivity index (χ0v) is 11.8. The summed E-state index contributed by atoms with van der Waals surface area (Å²) in [5.74, 6) is -0.544. The zero-order valence-electron chi connectivity index (χ0n) is 11.8. The summed E-state index contributed by atoms with van der Waals surface area (Å²) in [5.41, 5.74) is 0.488. The molecule has 1 amide bonds. The fraction of sp³-hybridized carbons (Fsp3) is 0.286. The Kier molecular flexibility index (Phi) is 4.32. The van der Waals surface area contributed by atoms with Crippen molar-refractivity contribution in [2.75, 3.05) is 0 Å². The molecule has 1 heterocycles. The average molecular weight is 288 g/mol. The number of carbonyl (C=O) groups is 1. The quantitative estimate of drug-likeness (QED) is 0.674. The largest absolute Gasteiger partial charge is 0.344 e. The molecule has 1 unspecified atom stereocenters. The predicted octanol–water partition coefficient (Wildman–Crippen LogP) is 2.21. The van der Waals surface area contributed by atoms with E-state index in [1.807, 2.05) is 37.3 Å². The van der Waals surface area contributed by atoms with E-state index >= 15 is 0 Å². The van der Waals surface area contributed by atoms with Gasteiger partial charge < -0.3 is 5.32 Å². The number of amides is 1. The lowest BCUT2D eigenvalue weighted by atomic mass is 10.0. The third kappa shape index (κ3) is 3.25. The lowest BCUT2D eigenvalue weighted by Gasteiger charge is -2.16. The summed E-state index contributed by atoms with van der Waals surface area (Å²) in [6.07, 6.45) is 1.90. The molecule has 1 aromatic heterocycles. The Hall–Kier alpha value is -2.70. The number of hydrogen-bond acceptors (Lipinski definition) is 4. The summed E-state index contributed by atoms with van der Waals surface area (Å²) < 4.78 is 1.26. The van der Waals surface area contributed by atoms with E-state index in [4.69, 9.17) is 0 Å². The standard InChI is InChI=1S/C14H16N4O3/c1-3-11(10-7-5-4-6-8-10)15-14(19)13-12(18(20)21)9-17(2)16-13/h4-9,11H,3H2,1-2H3,(H,15,19). The van der Waals surface area contributed by atoms with E-state index in [-0.39, 0.29) is 17.4 Å². The van der Waals surface area contributed by atoms with Gasteiger partial charge in [-0.15, -0.1) is 0 Å². The first-order chi connectivity index (χ1) is 10.0. The van der Waals surface area contributed by atoms with Gasteiger partial charge in [-0.25, -0.2) is 0 Å². The van der Waals surface area contributed by atoms with Crippen LogP contribution in [0.25, 0.3) is 0 Å². The van der Waals surface area contributed by atoms with Gasteiger partial charge in [-0.3, -0.25) is 19.6 Å². The first-order valence-corrected chi connectivity index (χ1v) is 6.56. The number of rotatable bonds is 5. The van der Waals surface area contributed by atoms with E-state index in [1.165, 1.54) is 17.9 Å². The maximum Gasteiger partial charge on any atom is 0.320 e. The minimum absolute atomic E-state index is 0.170. The van der Waals surface area contributed by atoms with Crippen LogP contribution in [0.3, 0.4) is 0 Å². The lowest BCUT2D eigenvalue weighted by Crippen LogP contribution is -2.29. The zero-order chi connectivity index (χ0) is 15.4. The van der Waals surface area contributed by atoms with Crippen molar-refractivity contribution < 1.29 is 9.72 Å². The fourth-order valence-electron chi connectivity index (χ4n) is 2.10. The second-order valence-electron chi connectivity index (χ2n) is 4.64. The smallest absolute Gasteiger partial charge is 0.320 e. The molecule has 0 aliphatic carbocycles. The van der Waals surface area contributed by atoms with Crippen molar-refractivity contribution in [1.29, 1.82) is 0 Å². The summed E-state index contributed by atoms with van der Waals surface area (Å²) >= 11 is 0. The van der Waals surface area contributed by atoms with Crippen LogP contribution in [-0.4, -0.2) is 20.6 Å². The minimum atomic E-state index is -0.606. The van der Waals surface area contributed by atoms with Crippen LogP contribution in [0.4, 0.5) is 5.69 Å². The number of hydrogen-bond donors (Lipinski definition) is 1. The molecule has 0 aliphatic heterocycles. The van der Waals surface area contributed by atoms with Gasteiger partial charge in [0, 0.05) is 7.05 Å². The van der Waals surface area contributed by atoms with Gasteiger partial charge in [-0.2, -0.15) is 5.10 Å². The molecule has 0 aliphatic rings. The molecule has 1 N–H and O–H groups in total. The number of nitrogens with zero attached hydrogens (tertiary/aromatic N) is 3. The highest BCUT2D eigenvalue weighted by Gasteiger charge is 2.26. The predicted molar refractivity (Wildman–Crippen MR) is 76.8 cm³/mol. The molecule has 0 saturated carbocycles. The highest BCUT2D eigenvalue weighted by atomic mass is 16.6. The lowest BCUT2D eigenvalue weighted by molar-refractivity contribution is -0.385. The van der Waals surface area contributed by atoms with E-state index in [2.05, 4.69) is 10.4 Å². The van der Waals surface area contributed by atoms with Crippen molar-refractivity contribution in [3.05, 3.63) is 57.9 Å². The molecule has 0 fully saturated rings. The van der Waals surface area contributed by atoms with Crippen LogP contribution in [-0.2, 0) is 7.05 Å². The molecule has 0 radical (unpaired) electrons. The number of aryl methyl sites for hydroxylation is 1. The van der Waals surface area contributed by atoms with Crippen molar-refractivity contribution in [3.63, 3.8) is 0 Å². The number of nitrogens with one attached hydrogen (secondary N) is 1. The second-order valence-corrected chi connectivity index (χ2v) is 4.64. The van der Waals surface area contributed by atoms with Gasteiger partial charge in [0.15, 0.2) is 0 Å². The normalized spacial score (nSPS) is 11.9. The second kappa shape index (κ2) is 6.17. The van der Waals surface area contributed by atoms with Gasteiger partial charge in [0.2, 0.25) is 5.69 Å². The van der Waals surface area contributed by atoms with Crippen molar-refractivity contribution in [2.24, 2.45) is 7.05 Å². The number of carbonyl (C=O) groups excluding carboxylic acids is 1.